The van der Waals surface area contributed by atoms with Crippen LogP contribution in [0.4, 0.5) is 4.39 Å². The molecule has 1 saturated heterocycles. The minimum atomic E-state index is -0.303. The Morgan fingerprint density at radius 1 is 1.32 bits per heavy atom. The van der Waals surface area contributed by atoms with Gasteiger partial charge < -0.3 is 19.8 Å². The summed E-state index contributed by atoms with van der Waals surface area (Å²) in [5.74, 6) is 2.83. The minimum Gasteiger partial charge on any atom is -0.494 e. The third kappa shape index (κ3) is 7.78. The Labute approximate surface area is 188 Å². The highest BCUT2D eigenvalue weighted by Crippen LogP contribution is 2.20. The Morgan fingerprint density at radius 3 is 2.84 bits per heavy atom. The molecule has 1 aliphatic rings. The van der Waals surface area contributed by atoms with Crippen molar-refractivity contribution in [2.45, 2.75) is 31.8 Å². The van der Waals surface area contributed by atoms with Gasteiger partial charge in [0, 0.05) is 44.4 Å². The van der Waals surface area contributed by atoms with Crippen molar-refractivity contribution in [1.82, 2.24) is 15.5 Å². The largest absolute Gasteiger partial charge is 0.494 e. The van der Waals surface area contributed by atoms with Crippen molar-refractivity contribution >= 4 is 17.7 Å². The number of hydrogen-bond acceptors (Lipinski definition) is 5. The second kappa shape index (κ2) is 12.6. The van der Waals surface area contributed by atoms with E-state index in [2.05, 4.69) is 21.8 Å². The van der Waals surface area contributed by atoms with E-state index < -0.39 is 0 Å². The first-order valence-corrected chi connectivity index (χ1v) is 12.2. The van der Waals surface area contributed by atoms with Crippen molar-refractivity contribution in [3.63, 3.8) is 0 Å². The molecule has 2 heterocycles. The summed E-state index contributed by atoms with van der Waals surface area (Å²) in [4.78, 5) is 7.08. The Kier molecular flexibility index (Phi) is 9.55. The van der Waals surface area contributed by atoms with E-state index in [1.54, 1.807) is 30.2 Å². The first-order chi connectivity index (χ1) is 15.2. The molecule has 8 heteroatoms. The number of likely N-dealkylation sites (tertiary alicyclic amines) is 1. The van der Waals surface area contributed by atoms with Gasteiger partial charge in [0.05, 0.1) is 19.9 Å². The topological polar surface area (TPSA) is 62.0 Å². The molecule has 0 radical (unpaired) electrons. The van der Waals surface area contributed by atoms with Gasteiger partial charge in [-0.1, -0.05) is 6.07 Å². The number of methoxy groups -OCH3 is 1. The second-order valence-electron chi connectivity index (χ2n) is 7.64. The van der Waals surface area contributed by atoms with Gasteiger partial charge in [0.15, 0.2) is 17.5 Å². The third-order valence-electron chi connectivity index (χ3n) is 5.36. The number of aliphatic imine (C=N–C) groups is 1. The van der Waals surface area contributed by atoms with Crippen molar-refractivity contribution in [2.24, 2.45) is 4.99 Å². The number of guanidine groups is 1. The minimum absolute atomic E-state index is 0.291. The summed E-state index contributed by atoms with van der Waals surface area (Å²) in [6, 6.07) is 9.49. The molecule has 0 bridgehead atoms. The number of rotatable bonds is 10. The zero-order valence-electron chi connectivity index (χ0n) is 18.4. The summed E-state index contributed by atoms with van der Waals surface area (Å²) in [7, 11) is 1.49. The molecule has 0 atom stereocenters. The number of hydrogen-bond donors (Lipinski definition) is 2. The maximum absolute atomic E-state index is 13.9. The molecule has 1 aromatic heterocycles. The van der Waals surface area contributed by atoms with E-state index in [0.717, 1.165) is 75.0 Å². The van der Waals surface area contributed by atoms with Crippen molar-refractivity contribution in [2.75, 3.05) is 45.3 Å². The lowest BCUT2D eigenvalue weighted by Crippen LogP contribution is -2.49. The lowest BCUT2D eigenvalue weighted by Gasteiger charge is -2.33. The second-order valence-corrected chi connectivity index (χ2v) is 8.63. The lowest BCUT2D eigenvalue weighted by atomic mass is 10.0. The highest BCUT2D eigenvalue weighted by Gasteiger charge is 2.20. The van der Waals surface area contributed by atoms with Crippen LogP contribution in [0.1, 0.15) is 24.2 Å². The van der Waals surface area contributed by atoms with Gasteiger partial charge in [0.1, 0.15) is 5.76 Å². The van der Waals surface area contributed by atoms with Crippen LogP contribution in [0.15, 0.2) is 46.0 Å². The normalized spacial score (nSPS) is 15.8. The van der Waals surface area contributed by atoms with Crippen molar-refractivity contribution in [3.8, 4) is 5.75 Å². The molecule has 0 spiro atoms. The molecule has 170 valence electrons. The van der Waals surface area contributed by atoms with E-state index >= 15 is 0 Å². The SMILES string of the molecule is COc1ccc(CN2CCC(NC(=NCCSC)NCCc3ccco3)CC2)cc1F. The van der Waals surface area contributed by atoms with Gasteiger partial charge in [0.2, 0.25) is 0 Å². The lowest BCUT2D eigenvalue weighted by molar-refractivity contribution is 0.198. The van der Waals surface area contributed by atoms with Crippen LogP contribution in [-0.4, -0.2) is 62.2 Å². The highest BCUT2D eigenvalue weighted by molar-refractivity contribution is 7.98. The van der Waals surface area contributed by atoms with E-state index in [-0.39, 0.29) is 5.82 Å². The number of furan rings is 1. The van der Waals surface area contributed by atoms with Gasteiger partial charge in [-0.05, 0) is 48.9 Å². The average Bonchev–Trinajstić information content (AvgIpc) is 3.29. The van der Waals surface area contributed by atoms with Gasteiger partial charge in [-0.25, -0.2) is 4.39 Å². The standard InChI is InChI=1S/C23H33FN4O2S/c1-29-22-6-5-18(16-21(22)24)17-28-12-8-19(9-13-28)27-23(26-11-15-31-2)25-10-7-20-4-3-14-30-20/h3-6,14,16,19H,7-13,15,17H2,1-2H3,(H2,25,26,27). The monoisotopic (exact) mass is 448 g/mol. The van der Waals surface area contributed by atoms with E-state index in [1.807, 2.05) is 18.2 Å². The Morgan fingerprint density at radius 2 is 2.16 bits per heavy atom. The molecule has 31 heavy (non-hydrogen) atoms. The molecule has 1 aromatic carbocycles. The number of ether oxygens (including phenoxy) is 1. The van der Waals surface area contributed by atoms with Gasteiger partial charge >= 0.3 is 0 Å². The Bertz CT molecular complexity index is 808. The van der Waals surface area contributed by atoms with Crippen LogP contribution in [0.2, 0.25) is 0 Å². The molecule has 2 N–H and O–H groups in total. The molecule has 0 aliphatic carbocycles. The van der Waals surface area contributed by atoms with Crippen LogP contribution in [0.5, 0.6) is 5.75 Å². The van der Waals surface area contributed by atoms with Crippen molar-refractivity contribution < 1.29 is 13.5 Å². The summed E-state index contributed by atoms with van der Waals surface area (Å²) >= 11 is 1.80. The first-order valence-electron chi connectivity index (χ1n) is 10.8. The zero-order chi connectivity index (χ0) is 21.9. The van der Waals surface area contributed by atoms with Crippen molar-refractivity contribution in [3.05, 3.63) is 53.7 Å². The van der Waals surface area contributed by atoms with Crippen LogP contribution in [0.3, 0.4) is 0 Å². The third-order valence-corrected chi connectivity index (χ3v) is 5.95. The smallest absolute Gasteiger partial charge is 0.191 e. The van der Waals surface area contributed by atoms with Gasteiger partial charge in [-0.2, -0.15) is 11.8 Å². The molecule has 0 unspecified atom stereocenters. The summed E-state index contributed by atoms with van der Waals surface area (Å²) in [6.07, 6.45) is 6.68. The average molecular weight is 449 g/mol. The molecule has 0 amide bonds. The predicted molar refractivity (Wildman–Crippen MR) is 125 cm³/mol. The number of halogens is 1. The molecule has 3 rings (SSSR count). The Balaban J connectivity index is 1.45. The van der Waals surface area contributed by atoms with Crippen LogP contribution in [0.25, 0.3) is 0 Å². The summed E-state index contributed by atoms with van der Waals surface area (Å²) in [5, 5.41) is 7.03. The van der Waals surface area contributed by atoms with Crippen LogP contribution < -0.4 is 15.4 Å². The summed E-state index contributed by atoms with van der Waals surface area (Å²) in [6.45, 7) is 4.26. The maximum atomic E-state index is 13.9. The van der Waals surface area contributed by atoms with E-state index in [1.165, 1.54) is 7.11 Å². The fourth-order valence-electron chi connectivity index (χ4n) is 3.66. The molecule has 1 aliphatic heterocycles. The van der Waals surface area contributed by atoms with Crippen LogP contribution in [-0.2, 0) is 13.0 Å². The number of thioether (sulfide) groups is 1. The van der Waals surface area contributed by atoms with Crippen LogP contribution >= 0.6 is 11.8 Å². The Hall–Kier alpha value is -2.19. The van der Waals surface area contributed by atoms with E-state index in [4.69, 9.17) is 14.1 Å². The van der Waals surface area contributed by atoms with Gasteiger partial charge in [-0.3, -0.25) is 9.89 Å². The quantitative estimate of drug-likeness (QED) is 0.329. The molecule has 2 aromatic rings. The van der Waals surface area contributed by atoms with Gasteiger partial charge in [0.25, 0.3) is 0 Å². The van der Waals surface area contributed by atoms with E-state index in [0.29, 0.717) is 11.8 Å². The maximum Gasteiger partial charge on any atom is 0.191 e. The first kappa shape index (κ1) is 23.5. The number of benzene rings is 1. The molecule has 6 nitrogen and oxygen atoms in total. The molecular formula is C23H33FN4O2S. The highest BCUT2D eigenvalue weighted by atomic mass is 32.2. The fraction of sp³-hybridized carbons (Fsp3) is 0.522. The molecular weight excluding hydrogens is 415 g/mol. The fourth-order valence-corrected chi connectivity index (χ4v) is 3.93. The number of piperidine rings is 1. The zero-order valence-corrected chi connectivity index (χ0v) is 19.2. The predicted octanol–water partition coefficient (Wildman–Crippen LogP) is 3.53. The number of nitrogens with zero attached hydrogens (tertiary/aromatic N) is 2. The number of nitrogens with one attached hydrogen (secondary N) is 2. The van der Waals surface area contributed by atoms with Gasteiger partial charge in [-0.15, -0.1) is 0 Å². The molecule has 1 fully saturated rings. The summed E-state index contributed by atoms with van der Waals surface area (Å²) in [5.41, 5.74) is 0.976. The van der Waals surface area contributed by atoms with Crippen molar-refractivity contribution in [1.29, 1.82) is 0 Å². The summed E-state index contributed by atoms with van der Waals surface area (Å²) < 4.78 is 24.4. The molecule has 0 saturated carbocycles. The van der Waals surface area contributed by atoms with Crippen LogP contribution in [0, 0.1) is 5.82 Å². The van der Waals surface area contributed by atoms with E-state index in [9.17, 15) is 4.39 Å².